The zero-order valence-corrected chi connectivity index (χ0v) is 13.7. The summed E-state index contributed by atoms with van der Waals surface area (Å²) in [4.78, 5) is 13.2. The van der Waals surface area contributed by atoms with Gasteiger partial charge in [0.15, 0.2) is 5.82 Å². The van der Waals surface area contributed by atoms with Crippen LogP contribution >= 0.6 is 0 Å². The average Bonchev–Trinajstić information content (AvgIpc) is 2.60. The van der Waals surface area contributed by atoms with Gasteiger partial charge in [0.2, 0.25) is 0 Å². The number of hydrogen-bond acceptors (Lipinski definition) is 3. The molecule has 0 aliphatic rings. The monoisotopic (exact) mass is 311 g/mol. The Morgan fingerprint density at radius 3 is 2.00 bits per heavy atom. The molecule has 4 rings (SSSR count). The fourth-order valence-electron chi connectivity index (χ4n) is 2.95. The summed E-state index contributed by atoms with van der Waals surface area (Å²) in [6.07, 6.45) is 0. The minimum absolute atomic E-state index is 0.725. The number of aromatic nitrogens is 3. The molecule has 0 radical (unpaired) electrons. The Labute approximate surface area is 141 Å². The summed E-state index contributed by atoms with van der Waals surface area (Å²) in [7, 11) is 0. The van der Waals surface area contributed by atoms with Crippen molar-refractivity contribution in [2.75, 3.05) is 0 Å². The van der Waals surface area contributed by atoms with E-state index in [0.29, 0.717) is 0 Å². The molecule has 0 spiro atoms. The van der Waals surface area contributed by atoms with Crippen molar-refractivity contribution >= 4 is 10.8 Å². The molecule has 3 nitrogen and oxygen atoms in total. The maximum absolute atomic E-state index is 4.47. The molecular weight excluding hydrogens is 294 g/mol. The van der Waals surface area contributed by atoms with Crippen LogP contribution in [0.1, 0.15) is 11.6 Å². The third kappa shape index (κ3) is 2.76. The van der Waals surface area contributed by atoms with Gasteiger partial charge in [0, 0.05) is 5.56 Å². The Hall–Kier alpha value is -3.07. The molecule has 3 aromatic carbocycles. The molecular formula is C21H17N3. The molecule has 24 heavy (non-hydrogen) atoms. The summed E-state index contributed by atoms with van der Waals surface area (Å²) < 4.78 is 0. The predicted octanol–water partition coefficient (Wildman–Crippen LogP) is 4.98. The molecule has 3 heteroatoms. The van der Waals surface area contributed by atoms with Gasteiger partial charge in [-0.25, -0.2) is 15.0 Å². The van der Waals surface area contributed by atoms with Gasteiger partial charge in [0.05, 0.1) is 0 Å². The molecule has 1 heterocycles. The molecule has 0 aliphatic carbocycles. The summed E-state index contributed by atoms with van der Waals surface area (Å²) in [6.45, 7) is 3.79. The van der Waals surface area contributed by atoms with Crippen LogP contribution < -0.4 is 0 Å². The SMILES string of the molecule is Cc1nc(C)nc(-c2cccc(-c3ccc4ccccc4c3)c2)n1. The first kappa shape index (κ1) is 14.5. The lowest BCUT2D eigenvalue weighted by Gasteiger charge is -2.07. The quantitative estimate of drug-likeness (QED) is 0.524. The van der Waals surface area contributed by atoms with E-state index in [1.165, 1.54) is 16.3 Å². The molecule has 4 aromatic rings. The van der Waals surface area contributed by atoms with Gasteiger partial charge in [-0.3, -0.25) is 0 Å². The summed E-state index contributed by atoms with van der Waals surface area (Å²) in [5.41, 5.74) is 3.36. The minimum Gasteiger partial charge on any atom is -0.219 e. The molecule has 0 bridgehead atoms. The second-order valence-corrected chi connectivity index (χ2v) is 5.90. The van der Waals surface area contributed by atoms with Gasteiger partial charge >= 0.3 is 0 Å². The zero-order chi connectivity index (χ0) is 16.5. The Morgan fingerprint density at radius 1 is 0.542 bits per heavy atom. The molecule has 0 unspecified atom stereocenters. The molecule has 0 fully saturated rings. The highest BCUT2D eigenvalue weighted by Gasteiger charge is 2.06. The second-order valence-electron chi connectivity index (χ2n) is 5.90. The molecule has 0 N–H and O–H groups in total. The fraction of sp³-hybridized carbons (Fsp3) is 0.0952. The molecule has 0 saturated heterocycles. The van der Waals surface area contributed by atoms with E-state index in [4.69, 9.17) is 0 Å². The van der Waals surface area contributed by atoms with Crippen molar-refractivity contribution in [2.24, 2.45) is 0 Å². The van der Waals surface area contributed by atoms with E-state index >= 15 is 0 Å². The number of nitrogens with zero attached hydrogens (tertiary/aromatic N) is 3. The number of fused-ring (bicyclic) bond motifs is 1. The zero-order valence-electron chi connectivity index (χ0n) is 13.7. The van der Waals surface area contributed by atoms with Crippen LogP contribution in [0.5, 0.6) is 0 Å². The van der Waals surface area contributed by atoms with Crippen LogP contribution in [-0.4, -0.2) is 15.0 Å². The maximum atomic E-state index is 4.47. The molecule has 0 aliphatic heterocycles. The van der Waals surface area contributed by atoms with Crippen molar-refractivity contribution in [3.63, 3.8) is 0 Å². The van der Waals surface area contributed by atoms with Gasteiger partial charge in [0.1, 0.15) is 11.6 Å². The smallest absolute Gasteiger partial charge is 0.163 e. The predicted molar refractivity (Wildman–Crippen MR) is 97.7 cm³/mol. The van der Waals surface area contributed by atoms with Crippen molar-refractivity contribution in [3.8, 4) is 22.5 Å². The van der Waals surface area contributed by atoms with E-state index in [1.807, 2.05) is 26.0 Å². The van der Waals surface area contributed by atoms with Gasteiger partial charge in [-0.15, -0.1) is 0 Å². The maximum Gasteiger partial charge on any atom is 0.163 e. The minimum atomic E-state index is 0.725. The number of benzene rings is 3. The molecule has 116 valence electrons. The number of hydrogen-bond donors (Lipinski definition) is 0. The highest BCUT2D eigenvalue weighted by Crippen LogP contribution is 2.27. The number of aryl methyl sites for hydroxylation is 2. The fourth-order valence-corrected chi connectivity index (χ4v) is 2.95. The third-order valence-electron chi connectivity index (χ3n) is 4.06. The summed E-state index contributed by atoms with van der Waals surface area (Å²) in [5.74, 6) is 2.21. The second kappa shape index (κ2) is 5.85. The van der Waals surface area contributed by atoms with E-state index in [2.05, 4.69) is 69.5 Å². The lowest BCUT2D eigenvalue weighted by molar-refractivity contribution is 0.928. The van der Waals surface area contributed by atoms with Crippen molar-refractivity contribution in [3.05, 3.63) is 78.4 Å². The Bertz CT molecular complexity index is 1020. The highest BCUT2D eigenvalue weighted by molar-refractivity contribution is 5.87. The largest absolute Gasteiger partial charge is 0.219 e. The van der Waals surface area contributed by atoms with Crippen LogP contribution in [0.15, 0.2) is 66.7 Å². The molecule has 0 atom stereocenters. The van der Waals surface area contributed by atoms with Gasteiger partial charge in [-0.05, 0) is 47.9 Å². The van der Waals surface area contributed by atoms with Gasteiger partial charge in [-0.1, -0.05) is 54.6 Å². The first-order chi connectivity index (χ1) is 11.7. The van der Waals surface area contributed by atoms with Gasteiger partial charge in [0.25, 0.3) is 0 Å². The first-order valence-corrected chi connectivity index (χ1v) is 7.98. The van der Waals surface area contributed by atoms with E-state index in [-0.39, 0.29) is 0 Å². The van der Waals surface area contributed by atoms with Gasteiger partial charge < -0.3 is 0 Å². The van der Waals surface area contributed by atoms with Crippen molar-refractivity contribution in [1.82, 2.24) is 15.0 Å². The third-order valence-corrected chi connectivity index (χ3v) is 4.06. The summed E-state index contributed by atoms with van der Waals surface area (Å²) in [6, 6.07) is 23.3. The summed E-state index contributed by atoms with van der Waals surface area (Å²) in [5, 5.41) is 2.49. The highest BCUT2D eigenvalue weighted by atomic mass is 15.0. The molecule has 1 aromatic heterocycles. The molecule has 0 amide bonds. The van der Waals surface area contributed by atoms with Gasteiger partial charge in [-0.2, -0.15) is 0 Å². The van der Waals surface area contributed by atoms with Crippen LogP contribution in [0.2, 0.25) is 0 Å². The van der Waals surface area contributed by atoms with E-state index in [1.54, 1.807) is 0 Å². The average molecular weight is 311 g/mol. The molecule has 0 saturated carbocycles. The van der Waals surface area contributed by atoms with Crippen LogP contribution in [0.25, 0.3) is 33.3 Å². The van der Waals surface area contributed by atoms with Crippen molar-refractivity contribution in [1.29, 1.82) is 0 Å². The Balaban J connectivity index is 1.81. The standard InChI is InChI=1S/C21H17N3/c1-14-22-15(2)24-21(23-14)20-9-5-8-18(13-20)19-11-10-16-6-3-4-7-17(16)12-19/h3-13H,1-2H3. The van der Waals surface area contributed by atoms with E-state index in [9.17, 15) is 0 Å². The normalized spacial score (nSPS) is 10.9. The topological polar surface area (TPSA) is 38.7 Å². The van der Waals surface area contributed by atoms with Crippen molar-refractivity contribution in [2.45, 2.75) is 13.8 Å². The first-order valence-electron chi connectivity index (χ1n) is 7.98. The Morgan fingerprint density at radius 2 is 1.21 bits per heavy atom. The van der Waals surface area contributed by atoms with Crippen LogP contribution in [0.3, 0.4) is 0 Å². The van der Waals surface area contributed by atoms with Crippen LogP contribution in [-0.2, 0) is 0 Å². The van der Waals surface area contributed by atoms with Crippen LogP contribution in [0, 0.1) is 13.8 Å². The number of rotatable bonds is 2. The van der Waals surface area contributed by atoms with Crippen molar-refractivity contribution < 1.29 is 0 Å². The van der Waals surface area contributed by atoms with Crippen LogP contribution in [0.4, 0.5) is 0 Å². The van der Waals surface area contributed by atoms with E-state index in [0.717, 1.165) is 28.6 Å². The Kier molecular flexibility index (Phi) is 3.54. The lowest BCUT2D eigenvalue weighted by atomic mass is 9.99. The summed E-state index contributed by atoms with van der Waals surface area (Å²) >= 11 is 0. The lowest BCUT2D eigenvalue weighted by Crippen LogP contribution is -1.98. The van der Waals surface area contributed by atoms with E-state index < -0.39 is 0 Å².